The van der Waals surface area contributed by atoms with E-state index in [2.05, 4.69) is 10.3 Å². The van der Waals surface area contributed by atoms with Gasteiger partial charge in [0.05, 0.1) is 6.54 Å². The Balaban J connectivity index is 1.97. The largest absolute Gasteiger partial charge is 0.332 e. The highest BCUT2D eigenvalue weighted by Gasteiger charge is 2.15. The summed E-state index contributed by atoms with van der Waals surface area (Å²) in [6.07, 6.45) is 1.41. The van der Waals surface area contributed by atoms with Crippen LogP contribution in [0.25, 0.3) is 0 Å². The van der Waals surface area contributed by atoms with Crippen LogP contribution in [0.5, 0.6) is 0 Å². The summed E-state index contributed by atoms with van der Waals surface area (Å²) in [6, 6.07) is 8.45. The molecule has 0 bridgehead atoms. The molecule has 0 saturated carbocycles. The molecule has 0 aliphatic heterocycles. The van der Waals surface area contributed by atoms with Crippen molar-refractivity contribution in [2.45, 2.75) is 0 Å². The van der Waals surface area contributed by atoms with E-state index in [9.17, 15) is 14.0 Å². The third-order valence-corrected chi connectivity index (χ3v) is 3.02. The van der Waals surface area contributed by atoms with E-state index in [-0.39, 0.29) is 17.6 Å². The van der Waals surface area contributed by atoms with E-state index in [1.807, 2.05) is 0 Å². The first kappa shape index (κ1) is 15.9. The van der Waals surface area contributed by atoms with Gasteiger partial charge in [0.2, 0.25) is 5.91 Å². The standard InChI is InChI=1S/C15H13ClFN3O2/c1-20(15(22)10-5-6-18-13(16)7-10)9-14(21)19-12-4-2-3-11(17)8-12/h2-8H,9H2,1H3,(H,19,21). The van der Waals surface area contributed by atoms with Crippen LogP contribution in [-0.2, 0) is 4.79 Å². The number of anilines is 1. The summed E-state index contributed by atoms with van der Waals surface area (Å²) in [4.78, 5) is 29.0. The molecule has 0 aliphatic carbocycles. The zero-order chi connectivity index (χ0) is 16.1. The lowest BCUT2D eigenvalue weighted by Crippen LogP contribution is -2.34. The number of benzene rings is 1. The monoisotopic (exact) mass is 321 g/mol. The Morgan fingerprint density at radius 3 is 2.77 bits per heavy atom. The molecule has 5 nitrogen and oxygen atoms in total. The molecule has 1 heterocycles. The molecule has 0 unspecified atom stereocenters. The first-order valence-corrected chi connectivity index (χ1v) is 6.76. The molecule has 1 N–H and O–H groups in total. The molecule has 114 valence electrons. The van der Waals surface area contributed by atoms with E-state index in [1.165, 1.54) is 48.5 Å². The fourth-order valence-electron chi connectivity index (χ4n) is 1.81. The van der Waals surface area contributed by atoms with E-state index in [1.54, 1.807) is 6.07 Å². The van der Waals surface area contributed by atoms with Gasteiger partial charge in [-0.3, -0.25) is 9.59 Å². The number of carbonyl (C=O) groups is 2. The maximum Gasteiger partial charge on any atom is 0.254 e. The second-order valence-electron chi connectivity index (χ2n) is 4.59. The summed E-state index contributed by atoms with van der Waals surface area (Å²) < 4.78 is 13.0. The van der Waals surface area contributed by atoms with Crippen LogP contribution < -0.4 is 5.32 Å². The maximum absolute atomic E-state index is 13.0. The first-order valence-electron chi connectivity index (χ1n) is 6.38. The molecule has 1 aromatic carbocycles. The Morgan fingerprint density at radius 2 is 2.09 bits per heavy atom. The Morgan fingerprint density at radius 1 is 1.32 bits per heavy atom. The molecule has 0 fully saturated rings. The van der Waals surface area contributed by atoms with Crippen LogP contribution in [0.15, 0.2) is 42.6 Å². The third-order valence-electron chi connectivity index (χ3n) is 2.81. The SMILES string of the molecule is CN(CC(=O)Nc1cccc(F)c1)C(=O)c1ccnc(Cl)c1. The number of rotatable bonds is 4. The number of carbonyl (C=O) groups excluding carboxylic acids is 2. The number of amides is 2. The highest BCUT2D eigenvalue weighted by Crippen LogP contribution is 2.11. The van der Waals surface area contributed by atoms with Crippen molar-refractivity contribution in [3.05, 3.63) is 59.1 Å². The summed E-state index contributed by atoms with van der Waals surface area (Å²) in [5.41, 5.74) is 0.666. The van der Waals surface area contributed by atoms with E-state index in [0.29, 0.717) is 11.3 Å². The lowest BCUT2D eigenvalue weighted by molar-refractivity contribution is -0.116. The van der Waals surface area contributed by atoms with Gasteiger partial charge in [0, 0.05) is 24.5 Å². The quantitative estimate of drug-likeness (QED) is 0.880. The molecule has 1 aromatic heterocycles. The maximum atomic E-state index is 13.0. The molecule has 0 aliphatic rings. The molecule has 2 aromatic rings. The van der Waals surface area contributed by atoms with Crippen molar-refractivity contribution < 1.29 is 14.0 Å². The molecule has 0 atom stereocenters. The van der Waals surface area contributed by atoms with Crippen molar-refractivity contribution in [3.63, 3.8) is 0 Å². The lowest BCUT2D eigenvalue weighted by Gasteiger charge is -2.17. The van der Waals surface area contributed by atoms with Crippen molar-refractivity contribution in [2.75, 3.05) is 18.9 Å². The van der Waals surface area contributed by atoms with Crippen LogP contribution in [0.1, 0.15) is 10.4 Å². The van der Waals surface area contributed by atoms with Crippen molar-refractivity contribution >= 4 is 29.1 Å². The van der Waals surface area contributed by atoms with Gasteiger partial charge < -0.3 is 10.2 Å². The summed E-state index contributed by atoms with van der Waals surface area (Å²) >= 11 is 5.72. The topological polar surface area (TPSA) is 62.3 Å². The minimum absolute atomic E-state index is 0.171. The van der Waals surface area contributed by atoms with Crippen molar-refractivity contribution in [1.29, 1.82) is 0 Å². The van der Waals surface area contributed by atoms with Crippen LogP contribution in [0, 0.1) is 5.82 Å². The van der Waals surface area contributed by atoms with Gasteiger partial charge in [0.1, 0.15) is 11.0 Å². The molecule has 0 radical (unpaired) electrons. The molecule has 7 heteroatoms. The Hall–Kier alpha value is -2.47. The molecule has 0 spiro atoms. The van der Waals surface area contributed by atoms with Gasteiger partial charge in [0.15, 0.2) is 0 Å². The molecule has 2 amide bonds. The van der Waals surface area contributed by atoms with Gasteiger partial charge >= 0.3 is 0 Å². The van der Waals surface area contributed by atoms with Crippen LogP contribution >= 0.6 is 11.6 Å². The zero-order valence-corrected chi connectivity index (χ0v) is 12.5. The number of hydrogen-bond acceptors (Lipinski definition) is 3. The van der Waals surface area contributed by atoms with Crippen molar-refractivity contribution in [1.82, 2.24) is 9.88 Å². The van der Waals surface area contributed by atoms with Gasteiger partial charge in [-0.1, -0.05) is 17.7 Å². The zero-order valence-electron chi connectivity index (χ0n) is 11.7. The number of nitrogens with zero attached hydrogens (tertiary/aromatic N) is 2. The Bertz CT molecular complexity index is 709. The number of aromatic nitrogens is 1. The van der Waals surface area contributed by atoms with Crippen molar-refractivity contribution in [3.8, 4) is 0 Å². The minimum atomic E-state index is -0.450. The molecule has 0 saturated heterocycles. The van der Waals surface area contributed by atoms with E-state index < -0.39 is 11.7 Å². The van der Waals surface area contributed by atoms with Crippen molar-refractivity contribution in [2.24, 2.45) is 0 Å². The molecule has 22 heavy (non-hydrogen) atoms. The predicted molar refractivity (Wildman–Crippen MR) is 81.2 cm³/mol. The lowest BCUT2D eigenvalue weighted by atomic mass is 10.2. The Kier molecular flexibility index (Phi) is 5.06. The van der Waals surface area contributed by atoms with Crippen LogP contribution in [0.3, 0.4) is 0 Å². The number of likely N-dealkylation sites (N-methyl/N-ethyl adjacent to an activating group) is 1. The van der Waals surface area contributed by atoms with E-state index in [0.717, 1.165) is 0 Å². The number of nitrogens with one attached hydrogen (secondary N) is 1. The van der Waals surface area contributed by atoms with Gasteiger partial charge in [-0.2, -0.15) is 0 Å². The summed E-state index contributed by atoms with van der Waals surface area (Å²) in [5.74, 6) is -1.24. The average molecular weight is 322 g/mol. The number of hydrogen-bond donors (Lipinski definition) is 1. The second-order valence-corrected chi connectivity index (χ2v) is 4.97. The van der Waals surface area contributed by atoms with Gasteiger partial charge in [0.25, 0.3) is 5.91 Å². The predicted octanol–water partition coefficient (Wildman–Crippen LogP) is 2.58. The van der Waals surface area contributed by atoms with Gasteiger partial charge in [-0.05, 0) is 30.3 Å². The summed E-state index contributed by atoms with van der Waals surface area (Å²) in [6.45, 7) is -0.171. The number of pyridine rings is 1. The van der Waals surface area contributed by atoms with Gasteiger partial charge in [-0.15, -0.1) is 0 Å². The molecular weight excluding hydrogens is 309 g/mol. The normalized spacial score (nSPS) is 10.1. The number of halogens is 2. The smallest absolute Gasteiger partial charge is 0.254 e. The minimum Gasteiger partial charge on any atom is -0.332 e. The summed E-state index contributed by atoms with van der Waals surface area (Å²) in [7, 11) is 1.49. The highest BCUT2D eigenvalue weighted by atomic mass is 35.5. The van der Waals surface area contributed by atoms with Crippen LogP contribution in [0.2, 0.25) is 5.15 Å². The second kappa shape index (κ2) is 7.00. The fourth-order valence-corrected chi connectivity index (χ4v) is 1.98. The van der Waals surface area contributed by atoms with E-state index >= 15 is 0 Å². The Labute approximate surface area is 131 Å². The highest BCUT2D eigenvalue weighted by molar-refractivity contribution is 6.29. The first-order chi connectivity index (χ1) is 10.5. The molecule has 2 rings (SSSR count). The van der Waals surface area contributed by atoms with E-state index in [4.69, 9.17) is 11.6 Å². The van der Waals surface area contributed by atoms with Gasteiger partial charge in [-0.25, -0.2) is 9.37 Å². The van der Waals surface area contributed by atoms with Crippen LogP contribution in [0.4, 0.5) is 10.1 Å². The fraction of sp³-hybridized carbons (Fsp3) is 0.133. The third kappa shape index (κ3) is 4.26. The average Bonchev–Trinajstić information content (AvgIpc) is 2.46. The van der Waals surface area contributed by atoms with Crippen LogP contribution in [-0.4, -0.2) is 35.3 Å². The summed E-state index contributed by atoms with van der Waals surface area (Å²) in [5, 5.41) is 2.72. The molecular formula is C15H13ClFN3O2.